The van der Waals surface area contributed by atoms with E-state index < -0.39 is 37.5 Å². The van der Waals surface area contributed by atoms with E-state index in [0.717, 1.165) is 70.1 Å². The van der Waals surface area contributed by atoms with Crippen molar-refractivity contribution >= 4 is 197 Å². The molecule has 1 unspecified atom stereocenters. The number of anilines is 9. The number of rotatable bonds is 15. The average molecular weight is 1630 g/mol. The quantitative estimate of drug-likeness (QED) is 0.0209. The van der Waals surface area contributed by atoms with E-state index in [4.69, 9.17) is 95.5 Å². The summed E-state index contributed by atoms with van der Waals surface area (Å²) < 4.78 is 78.0. The van der Waals surface area contributed by atoms with Crippen LogP contribution in [0.25, 0.3) is 0 Å². The van der Waals surface area contributed by atoms with Gasteiger partial charge in [-0.3, -0.25) is 0 Å². The lowest BCUT2D eigenvalue weighted by Gasteiger charge is -2.23. The van der Waals surface area contributed by atoms with Gasteiger partial charge in [-0.2, -0.15) is 15.0 Å². The predicted octanol–water partition coefficient (Wildman–Crippen LogP) is 17.3. The van der Waals surface area contributed by atoms with E-state index in [1.807, 2.05) is 103 Å². The fourth-order valence-corrected chi connectivity index (χ4v) is 13.6. The van der Waals surface area contributed by atoms with Gasteiger partial charge in [0, 0.05) is 60.5 Å². The van der Waals surface area contributed by atoms with E-state index >= 15 is 0 Å². The molecule has 4 aromatic carbocycles. The lowest BCUT2D eigenvalue weighted by Crippen LogP contribution is -2.27. The molecule has 2 aliphatic heterocycles. The molecule has 0 radical (unpaired) electrons. The van der Waals surface area contributed by atoms with Crippen LogP contribution in [0.1, 0.15) is 26.7 Å². The van der Waals surface area contributed by atoms with Crippen LogP contribution in [-0.4, -0.2) is 135 Å². The molecule has 1 spiro atoms. The van der Waals surface area contributed by atoms with Crippen LogP contribution in [0.3, 0.4) is 0 Å². The summed E-state index contributed by atoms with van der Waals surface area (Å²) >= 11 is 36.6. The number of aromatic nitrogens is 7. The summed E-state index contributed by atoms with van der Waals surface area (Å²) in [5.74, 6) is 2.45. The molecule has 7 N–H and O–H groups in total. The number of ether oxygens (including phenoxy) is 2. The Bertz CT molecular complexity index is 3960. The van der Waals surface area contributed by atoms with E-state index in [9.17, 15) is 22.8 Å². The maximum absolute atomic E-state index is 12.7. The van der Waals surface area contributed by atoms with Crippen molar-refractivity contribution < 1.29 is 41.3 Å². The van der Waals surface area contributed by atoms with Crippen molar-refractivity contribution in [3.8, 4) is 5.88 Å². The molecule has 1 atom stereocenters. The first-order chi connectivity index (χ1) is 44.7. The Labute approximate surface area is 601 Å². The molecule has 10 rings (SSSR count). The van der Waals surface area contributed by atoms with Crippen LogP contribution in [0.2, 0.25) is 30.8 Å². The van der Waals surface area contributed by atoms with Gasteiger partial charge in [-0.25, -0.2) is 19.9 Å². The van der Waals surface area contributed by atoms with Crippen molar-refractivity contribution in [3.05, 3.63) is 162 Å². The van der Waals surface area contributed by atoms with Crippen molar-refractivity contribution in [2.75, 3.05) is 132 Å². The second kappa shape index (κ2) is 40.2. The molecule has 0 aliphatic carbocycles. The number of benzene rings is 4. The third-order valence-electron chi connectivity index (χ3n) is 12.7. The predicted molar refractivity (Wildman–Crippen MR) is 406 cm³/mol. The first-order valence-electron chi connectivity index (χ1n) is 28.7. The molecule has 0 saturated carbocycles. The Morgan fingerprint density at radius 3 is 1.52 bits per heavy atom. The van der Waals surface area contributed by atoms with Crippen molar-refractivity contribution in [1.29, 1.82) is 0 Å². The zero-order chi connectivity index (χ0) is 70.7. The SMILES string of the molecule is CCO[P+](=O)OCC.COc1nc(N2CCC3(CCOC3)C2)ccc1Nc1ncc(Cl)c(Nc2ccccc2P(C)(C)=O)n1.CP(C)(=O)c1ccccc1N.CP(C)(=O)c1ccccc1Nc1nc(Cl)ncc1Cl.C[P+](C)=O.Clc1ncc(Cl)c(Cl)n1.Nc1ccccc1I. The topological polar surface area (TPSA) is 304 Å². The maximum Gasteiger partial charge on any atom is 0.697 e. The minimum absolute atomic E-state index is 0.0977. The van der Waals surface area contributed by atoms with Gasteiger partial charge in [0.25, 0.3) is 0 Å². The highest BCUT2D eigenvalue weighted by atomic mass is 127. The number of nitrogens with zero attached hydrogens (tertiary/aromatic N) is 8. The minimum Gasteiger partial charge on any atom is -0.479 e. The largest absolute Gasteiger partial charge is 0.697 e. The van der Waals surface area contributed by atoms with Gasteiger partial charge in [0.05, 0.1) is 48.7 Å². The van der Waals surface area contributed by atoms with Crippen LogP contribution in [0.15, 0.2) is 128 Å². The number of hydrogen-bond acceptors (Lipinski definition) is 22. The van der Waals surface area contributed by atoms with Crippen molar-refractivity contribution in [2.24, 2.45) is 5.41 Å². The lowest BCUT2D eigenvalue weighted by molar-refractivity contribution is 0.160. The molecular formula is C61H77Cl6IN13O9P5+2. The van der Waals surface area contributed by atoms with Crippen molar-refractivity contribution in [3.63, 3.8) is 0 Å². The standard InChI is InChI=1S/C25H30ClN6O3P.C12H12Cl2N3OP.C8H12NOP.C6H6IN.C4HCl3N2.C4H10O3P.C2H6OP/c1-34-23-19(8-9-21(30-23)32-12-10-25(15-32)11-13-35-16-25)29-24-27-14-17(26)22(31-24)28-18-6-4-5-7-20(18)36(2,3)33;1-19(2,18)10-6-4-3-5-9(10)16-11-8(13)7-15-12(14)17-11;1-11(2,10)8-6-4-3-5-7(8)9;7-5-3-1-2-4-6(5)8;5-2-1-8-4(7)9-3(2)6;1-3-6-8(5)7-4-2;1-4(2)3/h4-9,14H,10-13,15-16H2,1-3H3,(H2,27,28,29,31);3-7H,1-2H3,(H,15,16,17);3-6H,9H2,1-2H3;1-4H,8H2;1H;3-4H2,1-2H3;1-2H3/q;;;;;2*+1. The number of nitrogens with one attached hydrogen (secondary N) is 3. The third-order valence-corrected chi connectivity index (χ3v) is 20.9. The molecule has 0 bridgehead atoms. The summed E-state index contributed by atoms with van der Waals surface area (Å²) in [5.41, 5.74) is 14.9. The normalized spacial score (nSPS) is 13.8. The first kappa shape index (κ1) is 82.5. The average Bonchev–Trinajstić information content (AvgIpc) is 1.76. The molecule has 2 fully saturated rings. The highest BCUT2D eigenvalue weighted by Gasteiger charge is 2.42. The van der Waals surface area contributed by atoms with Crippen LogP contribution >= 0.6 is 130 Å². The third kappa shape index (κ3) is 28.8. The number of nitrogens with two attached hydrogens (primary N) is 2. The number of pyridine rings is 1. The van der Waals surface area contributed by atoms with Gasteiger partial charge >= 0.3 is 16.1 Å². The molecular weight excluding hydrogens is 1550 g/mol. The number of hydrogen-bond donors (Lipinski definition) is 5. The van der Waals surface area contributed by atoms with Gasteiger partial charge in [-0.05, 0) is 173 Å². The van der Waals surface area contributed by atoms with Gasteiger partial charge < -0.3 is 55.5 Å². The highest BCUT2D eigenvalue weighted by molar-refractivity contribution is 14.1. The molecule has 6 heterocycles. The van der Waals surface area contributed by atoms with Crippen molar-refractivity contribution in [1.82, 2.24) is 34.9 Å². The van der Waals surface area contributed by atoms with Gasteiger partial charge in [-0.15, -0.1) is 9.05 Å². The number of methoxy groups -OCH3 is 1. The van der Waals surface area contributed by atoms with Crippen LogP contribution in [0.4, 0.5) is 51.8 Å². The maximum atomic E-state index is 12.7. The van der Waals surface area contributed by atoms with E-state index in [-0.39, 0.29) is 21.1 Å². The summed E-state index contributed by atoms with van der Waals surface area (Å²) in [6, 6.07) is 33.7. The van der Waals surface area contributed by atoms with Crippen LogP contribution in [0, 0.1) is 8.99 Å². The minimum atomic E-state index is -2.51. The monoisotopic (exact) mass is 1630 g/mol. The molecule has 22 nitrogen and oxygen atoms in total. The van der Waals surface area contributed by atoms with Crippen LogP contribution < -0.4 is 53.0 Å². The van der Waals surface area contributed by atoms with Gasteiger partial charge in [0.2, 0.25) is 22.4 Å². The number of para-hydroxylation sites is 4. The first-order valence-corrected chi connectivity index (χ1v) is 43.1. The summed E-state index contributed by atoms with van der Waals surface area (Å²) in [6.45, 7) is 21.6. The van der Waals surface area contributed by atoms with E-state index in [1.165, 1.54) is 18.6 Å². The van der Waals surface area contributed by atoms with Gasteiger partial charge in [0.15, 0.2) is 16.8 Å². The fourth-order valence-electron chi connectivity index (χ4n) is 8.41. The van der Waals surface area contributed by atoms with Gasteiger partial charge in [0.1, 0.15) is 69.5 Å². The smallest absolute Gasteiger partial charge is 0.479 e. The van der Waals surface area contributed by atoms with Crippen LogP contribution in [-0.2, 0) is 36.6 Å². The second-order valence-corrected chi connectivity index (χ2v) is 37.2. The zero-order valence-electron chi connectivity index (χ0n) is 54.1. The Hall–Kier alpha value is -4.89. The summed E-state index contributed by atoms with van der Waals surface area (Å²) in [7, 11) is -8.20. The zero-order valence-corrected chi connectivity index (χ0v) is 65.2. The molecule has 4 aromatic heterocycles. The molecule has 95 heavy (non-hydrogen) atoms. The summed E-state index contributed by atoms with van der Waals surface area (Å²) in [5, 5.41) is 13.1. The van der Waals surface area contributed by atoms with Crippen LogP contribution in [0.5, 0.6) is 5.88 Å². The molecule has 0 amide bonds. The highest BCUT2D eigenvalue weighted by Crippen LogP contribution is 2.43. The molecule has 2 saturated heterocycles. The van der Waals surface area contributed by atoms with E-state index in [1.54, 1.807) is 80.3 Å². The fraction of sp³-hybridized carbons (Fsp3) is 0.328. The Morgan fingerprint density at radius 1 is 0.600 bits per heavy atom. The van der Waals surface area contributed by atoms with Gasteiger partial charge in [-0.1, -0.05) is 99.5 Å². The molecule has 8 aromatic rings. The molecule has 512 valence electrons. The summed E-state index contributed by atoms with van der Waals surface area (Å²) in [6.07, 6.45) is 6.49. The van der Waals surface area contributed by atoms with Crippen molar-refractivity contribution in [2.45, 2.75) is 26.7 Å². The lowest BCUT2D eigenvalue weighted by atomic mass is 9.87. The summed E-state index contributed by atoms with van der Waals surface area (Å²) in [4.78, 5) is 30.8. The number of nitrogen functional groups attached to an aromatic ring is 2. The Balaban J connectivity index is 0.000000271. The second-order valence-electron chi connectivity index (χ2n) is 21.6. The van der Waals surface area contributed by atoms with E-state index in [0.29, 0.717) is 74.5 Å². The molecule has 2 aliphatic rings. The Morgan fingerprint density at radius 2 is 1.07 bits per heavy atom. The Kier molecular flexibility index (Phi) is 35.0. The number of halogens is 7. The molecule has 34 heteroatoms. The van der Waals surface area contributed by atoms with E-state index in [2.05, 4.69) is 82.4 Å².